The van der Waals surface area contributed by atoms with Gasteiger partial charge in [0.25, 0.3) is 0 Å². The summed E-state index contributed by atoms with van der Waals surface area (Å²) in [6.07, 6.45) is 2.78. The van der Waals surface area contributed by atoms with E-state index in [0.29, 0.717) is 0 Å². The fourth-order valence-corrected chi connectivity index (χ4v) is 3.55. The topological polar surface area (TPSA) is 41.1 Å². The van der Waals surface area contributed by atoms with E-state index in [0.717, 1.165) is 46.7 Å². The lowest BCUT2D eigenvalue weighted by atomic mass is 9.93. The van der Waals surface area contributed by atoms with Crippen LogP contribution < -0.4 is 10.6 Å². The smallest absolute Gasteiger partial charge is 0.244 e. The van der Waals surface area contributed by atoms with Crippen LogP contribution in [0, 0.1) is 0 Å². The van der Waals surface area contributed by atoms with E-state index in [2.05, 4.69) is 39.6 Å². The quantitative estimate of drug-likeness (QED) is 0.879. The number of carbonyl (C=O) groups excluding carboxylic acids is 1. The van der Waals surface area contributed by atoms with Crippen LogP contribution in [0.5, 0.6) is 0 Å². The standard InChI is InChI=1S/C17H19BrN2O/c1-2-17(10-5-11-19-17)16(21)20-15-9-8-14(18)12-6-3-4-7-13(12)15/h3-4,6-9,19H,2,5,10-11H2,1H3,(H,20,21). The number of anilines is 1. The van der Waals surface area contributed by atoms with Crippen LogP contribution in [-0.2, 0) is 4.79 Å². The first-order valence-corrected chi connectivity index (χ1v) is 8.19. The summed E-state index contributed by atoms with van der Waals surface area (Å²) in [7, 11) is 0. The molecule has 1 fully saturated rings. The maximum atomic E-state index is 12.7. The normalized spacial score (nSPS) is 21.6. The number of halogens is 1. The Hall–Kier alpha value is -1.39. The van der Waals surface area contributed by atoms with Crippen LogP contribution in [0.15, 0.2) is 40.9 Å². The Morgan fingerprint density at radius 3 is 2.71 bits per heavy atom. The predicted octanol–water partition coefficient (Wildman–Crippen LogP) is 4.07. The Balaban J connectivity index is 1.95. The molecule has 1 heterocycles. The van der Waals surface area contributed by atoms with E-state index in [-0.39, 0.29) is 5.91 Å². The fourth-order valence-electron chi connectivity index (χ4n) is 3.08. The molecule has 3 rings (SSSR count). The van der Waals surface area contributed by atoms with Crippen molar-refractivity contribution >= 4 is 38.3 Å². The average molecular weight is 347 g/mol. The summed E-state index contributed by atoms with van der Waals surface area (Å²) in [5.74, 6) is 0.0787. The molecule has 3 nitrogen and oxygen atoms in total. The molecule has 0 spiro atoms. The highest BCUT2D eigenvalue weighted by Gasteiger charge is 2.39. The van der Waals surface area contributed by atoms with Crippen molar-refractivity contribution in [3.8, 4) is 0 Å². The Morgan fingerprint density at radius 1 is 1.29 bits per heavy atom. The van der Waals surface area contributed by atoms with Gasteiger partial charge in [-0.25, -0.2) is 0 Å². The minimum Gasteiger partial charge on any atom is -0.324 e. The zero-order chi connectivity index (χ0) is 14.9. The fraction of sp³-hybridized carbons (Fsp3) is 0.353. The van der Waals surface area contributed by atoms with Gasteiger partial charge in [-0.05, 0) is 43.3 Å². The lowest BCUT2D eigenvalue weighted by Gasteiger charge is -2.27. The summed E-state index contributed by atoms with van der Waals surface area (Å²) in [6.45, 7) is 2.99. The molecule has 1 saturated heterocycles. The van der Waals surface area contributed by atoms with Gasteiger partial charge >= 0.3 is 0 Å². The van der Waals surface area contributed by atoms with Crippen LogP contribution in [0.3, 0.4) is 0 Å². The van der Waals surface area contributed by atoms with Gasteiger partial charge in [0, 0.05) is 15.5 Å². The summed E-state index contributed by atoms with van der Waals surface area (Å²) in [5.41, 5.74) is 0.467. The monoisotopic (exact) mass is 346 g/mol. The first-order chi connectivity index (χ1) is 10.2. The van der Waals surface area contributed by atoms with Gasteiger partial charge in [-0.3, -0.25) is 4.79 Å². The van der Waals surface area contributed by atoms with Crippen molar-refractivity contribution in [2.45, 2.75) is 31.7 Å². The lowest BCUT2D eigenvalue weighted by Crippen LogP contribution is -2.50. The number of amides is 1. The summed E-state index contributed by atoms with van der Waals surface area (Å²) >= 11 is 3.56. The summed E-state index contributed by atoms with van der Waals surface area (Å²) < 4.78 is 1.04. The first kappa shape index (κ1) is 14.5. The Labute approximate surface area is 133 Å². The SMILES string of the molecule is CCC1(C(=O)Nc2ccc(Br)c3ccccc23)CCCN1. The molecule has 0 bridgehead atoms. The molecule has 1 atom stereocenters. The van der Waals surface area contributed by atoms with E-state index in [9.17, 15) is 4.79 Å². The summed E-state index contributed by atoms with van der Waals surface area (Å²) in [4.78, 5) is 12.7. The Kier molecular flexibility index (Phi) is 4.00. The van der Waals surface area contributed by atoms with E-state index < -0.39 is 5.54 Å². The molecule has 0 saturated carbocycles. The molecule has 2 N–H and O–H groups in total. The minimum atomic E-state index is -0.409. The largest absolute Gasteiger partial charge is 0.324 e. The second-order valence-electron chi connectivity index (χ2n) is 5.56. The van der Waals surface area contributed by atoms with E-state index in [1.807, 2.05) is 30.3 Å². The van der Waals surface area contributed by atoms with Crippen molar-refractivity contribution < 1.29 is 4.79 Å². The number of hydrogen-bond acceptors (Lipinski definition) is 2. The molecule has 2 aromatic rings. The predicted molar refractivity (Wildman–Crippen MR) is 90.5 cm³/mol. The average Bonchev–Trinajstić information content (AvgIpc) is 3.00. The van der Waals surface area contributed by atoms with Gasteiger partial charge in [-0.15, -0.1) is 0 Å². The number of nitrogens with one attached hydrogen (secondary N) is 2. The maximum absolute atomic E-state index is 12.7. The van der Waals surface area contributed by atoms with Crippen LogP contribution >= 0.6 is 15.9 Å². The molecular weight excluding hydrogens is 328 g/mol. The first-order valence-electron chi connectivity index (χ1n) is 7.40. The molecule has 1 aliphatic rings. The second kappa shape index (κ2) is 5.78. The van der Waals surface area contributed by atoms with Crippen molar-refractivity contribution in [1.82, 2.24) is 5.32 Å². The number of benzene rings is 2. The van der Waals surface area contributed by atoms with Crippen LogP contribution in [0.1, 0.15) is 26.2 Å². The zero-order valence-electron chi connectivity index (χ0n) is 12.1. The third-order valence-corrected chi connectivity index (χ3v) is 5.09. The highest BCUT2D eigenvalue weighted by molar-refractivity contribution is 9.10. The van der Waals surface area contributed by atoms with Crippen molar-refractivity contribution in [2.24, 2.45) is 0 Å². The third-order valence-electron chi connectivity index (χ3n) is 4.40. The highest BCUT2D eigenvalue weighted by atomic mass is 79.9. The van der Waals surface area contributed by atoms with Crippen LogP contribution in [0.2, 0.25) is 0 Å². The number of hydrogen-bond donors (Lipinski definition) is 2. The van der Waals surface area contributed by atoms with Gasteiger partial charge in [0.2, 0.25) is 5.91 Å². The third kappa shape index (κ3) is 2.58. The van der Waals surface area contributed by atoms with E-state index >= 15 is 0 Å². The lowest BCUT2D eigenvalue weighted by molar-refractivity contribution is -0.122. The molecule has 1 unspecified atom stereocenters. The van der Waals surface area contributed by atoms with Crippen molar-refractivity contribution in [2.75, 3.05) is 11.9 Å². The maximum Gasteiger partial charge on any atom is 0.244 e. The molecule has 110 valence electrons. The van der Waals surface area contributed by atoms with Crippen molar-refractivity contribution in [3.05, 3.63) is 40.9 Å². The molecular formula is C17H19BrN2O. The summed E-state index contributed by atoms with van der Waals surface area (Å²) in [6, 6.07) is 12.0. The van der Waals surface area contributed by atoms with Gasteiger partial charge in [0.1, 0.15) is 0 Å². The second-order valence-corrected chi connectivity index (χ2v) is 6.41. The number of carbonyl (C=O) groups is 1. The van der Waals surface area contributed by atoms with Crippen molar-refractivity contribution in [3.63, 3.8) is 0 Å². The van der Waals surface area contributed by atoms with Crippen LogP contribution in [-0.4, -0.2) is 18.0 Å². The molecule has 1 amide bonds. The molecule has 0 aromatic heterocycles. The molecule has 0 radical (unpaired) electrons. The van der Waals surface area contributed by atoms with E-state index in [1.54, 1.807) is 0 Å². The van der Waals surface area contributed by atoms with E-state index in [4.69, 9.17) is 0 Å². The molecule has 21 heavy (non-hydrogen) atoms. The van der Waals surface area contributed by atoms with Crippen LogP contribution in [0.4, 0.5) is 5.69 Å². The van der Waals surface area contributed by atoms with E-state index in [1.165, 1.54) is 0 Å². The molecule has 0 aliphatic carbocycles. The van der Waals surface area contributed by atoms with Gasteiger partial charge in [0.05, 0.1) is 5.54 Å². The number of rotatable bonds is 3. The zero-order valence-corrected chi connectivity index (χ0v) is 13.7. The molecule has 1 aliphatic heterocycles. The van der Waals surface area contributed by atoms with Gasteiger partial charge in [-0.2, -0.15) is 0 Å². The molecule has 2 aromatic carbocycles. The summed E-state index contributed by atoms with van der Waals surface area (Å²) in [5, 5.41) is 8.67. The van der Waals surface area contributed by atoms with Gasteiger partial charge in [-0.1, -0.05) is 47.1 Å². The molecule has 4 heteroatoms. The van der Waals surface area contributed by atoms with Crippen molar-refractivity contribution in [1.29, 1.82) is 0 Å². The van der Waals surface area contributed by atoms with Gasteiger partial charge in [0.15, 0.2) is 0 Å². The van der Waals surface area contributed by atoms with Crippen LogP contribution in [0.25, 0.3) is 10.8 Å². The minimum absolute atomic E-state index is 0.0787. The Morgan fingerprint density at radius 2 is 2.05 bits per heavy atom. The Bertz CT molecular complexity index is 678. The van der Waals surface area contributed by atoms with Gasteiger partial charge < -0.3 is 10.6 Å². The number of fused-ring (bicyclic) bond motifs is 1. The highest BCUT2D eigenvalue weighted by Crippen LogP contribution is 2.31.